The quantitative estimate of drug-likeness (QED) is 0.0320. The topological polar surface area (TPSA) is 78.9 Å². The summed E-state index contributed by atoms with van der Waals surface area (Å²) in [5.74, 6) is -1.67. The van der Waals surface area contributed by atoms with E-state index in [2.05, 4.69) is 41.5 Å². The highest BCUT2D eigenvalue weighted by Gasteiger charge is 2.46. The highest BCUT2D eigenvalue weighted by Crippen LogP contribution is 2.48. The van der Waals surface area contributed by atoms with Crippen molar-refractivity contribution in [1.29, 1.82) is 0 Å². The molecule has 0 radical (unpaired) electrons. The summed E-state index contributed by atoms with van der Waals surface area (Å²) in [6.07, 6.45) is 42.7. The summed E-state index contributed by atoms with van der Waals surface area (Å²) < 4.78 is 15.4. The molecule has 0 aromatic carbocycles. The van der Waals surface area contributed by atoms with Crippen LogP contribution < -0.4 is 0 Å². The number of thiol groups is 3. The number of rotatable bonds is 48. The van der Waals surface area contributed by atoms with Crippen LogP contribution in [0.25, 0.3) is 0 Å². The molecule has 0 spiro atoms. The van der Waals surface area contributed by atoms with E-state index in [-0.39, 0.29) is 0 Å². The first-order chi connectivity index (χ1) is 30.9. The van der Waals surface area contributed by atoms with Crippen molar-refractivity contribution in [2.45, 2.75) is 325 Å². The summed E-state index contributed by atoms with van der Waals surface area (Å²) in [6, 6.07) is 0. The molecular weight excluding hydrogens is 872 g/mol. The zero-order valence-corrected chi connectivity index (χ0v) is 46.5. The number of hydrogen-bond acceptors (Lipinski definition) is 9. The minimum atomic E-state index is -2.73. The zero-order valence-electron chi connectivity index (χ0n) is 42.9. The van der Waals surface area contributed by atoms with Gasteiger partial charge in [0.05, 0.1) is 0 Å². The monoisotopic (exact) mass is 977 g/mol. The molecule has 0 rings (SSSR count). The molecule has 6 nitrogen and oxygen atoms in total. The van der Waals surface area contributed by atoms with Crippen LogP contribution in [0.5, 0.6) is 0 Å². The Labute approximate surface area is 415 Å². The summed E-state index contributed by atoms with van der Waals surface area (Å²) in [7, 11) is -2.73. The van der Waals surface area contributed by atoms with Crippen molar-refractivity contribution >= 4 is 64.4 Å². The van der Waals surface area contributed by atoms with Crippen LogP contribution in [0, 0.1) is 0 Å². The highest BCUT2D eigenvalue weighted by molar-refractivity contribution is 7.83. The number of carbonyl (C=O) groups is 3. The maximum Gasteiger partial charge on any atom is 0.537 e. The van der Waals surface area contributed by atoms with Crippen LogP contribution in [-0.2, 0) is 28.0 Å². The van der Waals surface area contributed by atoms with Crippen LogP contribution in [-0.4, -0.2) is 32.1 Å². The van der Waals surface area contributed by atoms with Crippen molar-refractivity contribution < 1.29 is 28.0 Å². The lowest BCUT2D eigenvalue weighted by Gasteiger charge is -2.32. The molecule has 0 amide bonds. The van der Waals surface area contributed by atoms with Crippen molar-refractivity contribution in [2.24, 2.45) is 0 Å². The normalized spacial score (nSPS) is 12.3. The van der Waals surface area contributed by atoms with Crippen LogP contribution in [0.3, 0.4) is 0 Å². The SMILES string of the molecule is CCCCCCCCC(S)(CCCCCCCC)C(=O)OP(OC(=O)C(S)(CCCCCCCC)CCCCCCCC)OC(=O)C(S)(CCCCCCCC)CCCCCCCC. The Morgan fingerprint density at radius 1 is 0.281 bits per heavy atom. The summed E-state index contributed by atoms with van der Waals surface area (Å²) in [5, 5.41) is 0. The molecular formula is C54H105O6PS3. The molecule has 10 heteroatoms. The molecule has 0 saturated heterocycles. The first-order valence-electron chi connectivity index (χ1n) is 27.6. The molecule has 0 heterocycles. The summed E-state index contributed by atoms with van der Waals surface area (Å²) >= 11 is 15.4. The largest absolute Gasteiger partial charge is 0.537 e. The maximum atomic E-state index is 14.6. The number of carbonyl (C=O) groups excluding carboxylic acids is 3. The fourth-order valence-corrected chi connectivity index (χ4v) is 11.0. The van der Waals surface area contributed by atoms with E-state index in [1.807, 2.05) is 0 Å². The van der Waals surface area contributed by atoms with Gasteiger partial charge < -0.3 is 13.6 Å². The van der Waals surface area contributed by atoms with Crippen LogP contribution >= 0.6 is 46.5 Å². The summed E-state index contributed by atoms with van der Waals surface area (Å²) in [4.78, 5) is 43.7. The summed E-state index contributed by atoms with van der Waals surface area (Å²) in [5.41, 5.74) is 0. The van der Waals surface area contributed by atoms with Gasteiger partial charge in [-0.1, -0.05) is 273 Å². The van der Waals surface area contributed by atoms with Gasteiger partial charge in [0.1, 0.15) is 14.2 Å². The van der Waals surface area contributed by atoms with Gasteiger partial charge in [-0.3, -0.25) is 14.4 Å². The minimum Gasteiger partial charge on any atom is -0.374 e. The standard InChI is InChI=1S/C54H105O6PS3/c1-7-13-19-25-31-37-43-52(62,44-38-32-26-20-14-8-2)49(55)58-61(59-50(56)53(63,45-39-33-27-21-15-9-3)46-40-34-28-22-16-10-4)60-51(57)54(64,47-41-35-29-23-17-11-5)48-42-36-30-24-18-12-6/h62-64H,7-48H2,1-6H3. The Morgan fingerprint density at radius 3 is 0.578 bits per heavy atom. The molecule has 0 fully saturated rings. The Morgan fingerprint density at radius 2 is 0.422 bits per heavy atom. The molecule has 64 heavy (non-hydrogen) atoms. The molecule has 0 bridgehead atoms. The Bertz CT molecular complexity index is 928. The molecule has 0 saturated carbocycles. The zero-order chi connectivity index (χ0) is 47.6. The second kappa shape index (κ2) is 43.0. The van der Waals surface area contributed by atoms with E-state index < -0.39 is 40.8 Å². The second-order valence-corrected chi connectivity index (χ2v) is 23.1. The first kappa shape index (κ1) is 63.9. The van der Waals surface area contributed by atoms with E-state index in [1.54, 1.807) is 0 Å². The van der Waals surface area contributed by atoms with Gasteiger partial charge in [-0.15, -0.1) is 0 Å². The molecule has 380 valence electrons. The fraction of sp³-hybridized carbons (Fsp3) is 0.944. The van der Waals surface area contributed by atoms with E-state index in [9.17, 15) is 14.4 Å². The van der Waals surface area contributed by atoms with Crippen molar-refractivity contribution in [3.8, 4) is 0 Å². The van der Waals surface area contributed by atoms with Gasteiger partial charge in [0.25, 0.3) is 0 Å². The van der Waals surface area contributed by atoms with Gasteiger partial charge in [0.2, 0.25) is 0 Å². The predicted octanol–water partition coefficient (Wildman–Crippen LogP) is 19.4. The molecule has 0 aromatic heterocycles. The highest BCUT2D eigenvalue weighted by atomic mass is 32.1. The van der Waals surface area contributed by atoms with Gasteiger partial charge in [0, 0.05) is 0 Å². The van der Waals surface area contributed by atoms with Gasteiger partial charge in [-0.2, -0.15) is 37.9 Å². The van der Waals surface area contributed by atoms with Gasteiger partial charge in [-0.25, -0.2) is 0 Å². The molecule has 0 aromatic rings. The molecule has 0 aliphatic carbocycles. The lowest BCUT2D eigenvalue weighted by Crippen LogP contribution is -2.38. The Balaban J connectivity index is 6.71. The molecule has 0 aliphatic rings. The molecule has 0 aliphatic heterocycles. The van der Waals surface area contributed by atoms with Gasteiger partial charge >= 0.3 is 26.5 Å². The lowest BCUT2D eigenvalue weighted by atomic mass is 9.93. The van der Waals surface area contributed by atoms with Gasteiger partial charge in [-0.05, 0) is 38.5 Å². The van der Waals surface area contributed by atoms with Crippen molar-refractivity contribution in [2.75, 3.05) is 0 Å². The second-order valence-electron chi connectivity index (χ2n) is 19.6. The van der Waals surface area contributed by atoms with E-state index in [1.165, 1.54) is 116 Å². The van der Waals surface area contributed by atoms with Crippen molar-refractivity contribution in [3.63, 3.8) is 0 Å². The van der Waals surface area contributed by atoms with E-state index in [0.717, 1.165) is 116 Å². The molecule has 0 N–H and O–H groups in total. The van der Waals surface area contributed by atoms with Crippen molar-refractivity contribution in [3.05, 3.63) is 0 Å². The minimum absolute atomic E-state index is 0.556. The van der Waals surface area contributed by atoms with E-state index in [4.69, 9.17) is 51.5 Å². The Kier molecular flexibility index (Phi) is 42.9. The molecule has 0 atom stereocenters. The Hall–Kier alpha value is -0.110. The van der Waals surface area contributed by atoms with Crippen LogP contribution in [0.4, 0.5) is 0 Å². The predicted molar refractivity (Wildman–Crippen MR) is 288 cm³/mol. The third-order valence-electron chi connectivity index (χ3n) is 13.3. The third kappa shape index (κ3) is 32.6. The average molecular weight is 978 g/mol. The van der Waals surface area contributed by atoms with Crippen LogP contribution in [0.1, 0.15) is 311 Å². The third-order valence-corrected chi connectivity index (χ3v) is 16.1. The van der Waals surface area contributed by atoms with Crippen LogP contribution in [0.15, 0.2) is 0 Å². The van der Waals surface area contributed by atoms with E-state index in [0.29, 0.717) is 38.5 Å². The maximum absolute atomic E-state index is 14.6. The first-order valence-corrected chi connectivity index (χ1v) is 30.0. The smallest absolute Gasteiger partial charge is 0.374 e. The average Bonchev–Trinajstić information content (AvgIpc) is 3.28. The number of unbranched alkanes of at least 4 members (excludes halogenated alkanes) is 30. The van der Waals surface area contributed by atoms with E-state index >= 15 is 0 Å². The lowest BCUT2D eigenvalue weighted by molar-refractivity contribution is -0.146. The fourth-order valence-electron chi connectivity index (χ4n) is 8.69. The number of hydrogen-bond donors (Lipinski definition) is 3. The van der Waals surface area contributed by atoms with Gasteiger partial charge in [0.15, 0.2) is 0 Å². The van der Waals surface area contributed by atoms with Crippen LogP contribution in [0.2, 0.25) is 0 Å². The molecule has 0 unspecified atom stereocenters. The van der Waals surface area contributed by atoms with Crippen molar-refractivity contribution in [1.82, 2.24) is 0 Å². The summed E-state index contributed by atoms with van der Waals surface area (Å²) in [6.45, 7) is 13.3.